The summed E-state index contributed by atoms with van der Waals surface area (Å²) in [6.45, 7) is 0. The number of alkyl halides is 6. The predicted molar refractivity (Wildman–Crippen MR) is 31.8 cm³/mol. The van der Waals surface area contributed by atoms with Crippen LogP contribution in [0.2, 0.25) is 0 Å². The fraction of sp³-hybridized carbons (Fsp3) is 0.500. The second kappa shape index (κ2) is 4.82. The van der Waals surface area contributed by atoms with E-state index in [1.54, 1.807) is 0 Å². The minimum Gasteiger partial charge on any atom is -0.380 e. The first-order valence-electron chi connectivity index (χ1n) is 2.45. The van der Waals surface area contributed by atoms with E-state index >= 15 is 0 Å². The molecule has 0 unspecified atom stereocenters. The molecular formula is C4H2F6MgO3. The van der Waals surface area contributed by atoms with E-state index in [2.05, 4.69) is 4.74 Å². The first-order chi connectivity index (χ1) is 5.55. The lowest BCUT2D eigenvalue weighted by Crippen LogP contribution is -2.34. The van der Waals surface area contributed by atoms with Crippen molar-refractivity contribution >= 4 is 35.0 Å². The maximum absolute atomic E-state index is 11.2. The van der Waals surface area contributed by atoms with E-state index in [-0.39, 0.29) is 23.1 Å². The van der Waals surface area contributed by atoms with Crippen molar-refractivity contribution in [3.63, 3.8) is 0 Å². The molecule has 0 aliphatic carbocycles. The quantitative estimate of drug-likeness (QED) is 0.262. The number of carbonyl (C=O) groups excluding carboxylic acids is 2. The van der Waals surface area contributed by atoms with Crippen molar-refractivity contribution in [1.29, 1.82) is 0 Å². The summed E-state index contributed by atoms with van der Waals surface area (Å²) in [6, 6.07) is 0. The Kier molecular flexibility index (Phi) is 5.49. The molecule has 0 atom stereocenters. The Balaban J connectivity index is 0. The molecule has 0 aliphatic rings. The molecule has 0 N–H and O–H groups in total. The smallest absolute Gasteiger partial charge is 0.380 e. The van der Waals surface area contributed by atoms with E-state index in [1.165, 1.54) is 0 Å². The van der Waals surface area contributed by atoms with E-state index in [0.29, 0.717) is 0 Å². The zero-order valence-electron chi connectivity index (χ0n) is 5.49. The highest BCUT2D eigenvalue weighted by Gasteiger charge is 2.49. The van der Waals surface area contributed by atoms with Crippen molar-refractivity contribution in [1.82, 2.24) is 0 Å². The molecule has 80 valence electrons. The fourth-order valence-electron chi connectivity index (χ4n) is 0.200. The Morgan fingerprint density at radius 2 is 1.00 bits per heavy atom. The molecule has 0 radical (unpaired) electrons. The molecule has 14 heavy (non-hydrogen) atoms. The van der Waals surface area contributed by atoms with Crippen LogP contribution >= 0.6 is 0 Å². The summed E-state index contributed by atoms with van der Waals surface area (Å²) in [4.78, 5) is 19.3. The predicted octanol–water partition coefficient (Wildman–Crippen LogP) is 0.265. The maximum atomic E-state index is 11.2. The lowest BCUT2D eigenvalue weighted by atomic mass is 10.6. The van der Waals surface area contributed by atoms with Gasteiger partial charge < -0.3 is 4.74 Å². The summed E-state index contributed by atoms with van der Waals surface area (Å²) in [7, 11) is 0. The largest absolute Gasteiger partial charge is 0.491 e. The molecule has 0 aromatic heterocycles. The van der Waals surface area contributed by atoms with Crippen molar-refractivity contribution in [2.45, 2.75) is 12.4 Å². The van der Waals surface area contributed by atoms with Gasteiger partial charge in [-0.05, 0) is 0 Å². The summed E-state index contributed by atoms with van der Waals surface area (Å²) in [6.07, 6.45) is -11.2. The van der Waals surface area contributed by atoms with Crippen LogP contribution in [0.3, 0.4) is 0 Å². The lowest BCUT2D eigenvalue weighted by Gasteiger charge is -2.06. The Bertz CT molecular complexity index is 206. The molecular weight excluding hydrogens is 234 g/mol. The van der Waals surface area contributed by atoms with Crippen molar-refractivity contribution in [3.05, 3.63) is 0 Å². The van der Waals surface area contributed by atoms with Gasteiger partial charge in [0.25, 0.3) is 0 Å². The highest BCUT2D eigenvalue weighted by Crippen LogP contribution is 2.21. The van der Waals surface area contributed by atoms with E-state index in [0.717, 1.165) is 0 Å². The van der Waals surface area contributed by atoms with Gasteiger partial charge in [-0.3, -0.25) is 0 Å². The molecule has 3 nitrogen and oxygen atoms in total. The zero-order valence-corrected chi connectivity index (χ0v) is 5.49. The van der Waals surface area contributed by atoms with Gasteiger partial charge in [0, 0.05) is 0 Å². The first-order valence-corrected chi connectivity index (χ1v) is 2.45. The van der Waals surface area contributed by atoms with E-state index in [9.17, 15) is 35.9 Å². The van der Waals surface area contributed by atoms with Crippen LogP contribution in [0.4, 0.5) is 26.3 Å². The molecule has 0 aromatic rings. The fourth-order valence-corrected chi connectivity index (χ4v) is 0.200. The van der Waals surface area contributed by atoms with Gasteiger partial charge in [0.05, 0.1) is 0 Å². The summed E-state index contributed by atoms with van der Waals surface area (Å²) in [5, 5.41) is 0. The van der Waals surface area contributed by atoms with Crippen LogP contribution < -0.4 is 0 Å². The minimum absolute atomic E-state index is 0. The topological polar surface area (TPSA) is 43.4 Å². The minimum atomic E-state index is -5.62. The van der Waals surface area contributed by atoms with E-state index in [4.69, 9.17) is 0 Å². The van der Waals surface area contributed by atoms with Crippen molar-refractivity contribution < 1.29 is 40.7 Å². The van der Waals surface area contributed by atoms with Crippen molar-refractivity contribution in [3.8, 4) is 0 Å². The third-order valence-electron chi connectivity index (χ3n) is 0.648. The monoisotopic (exact) mass is 236 g/mol. The highest BCUT2D eigenvalue weighted by molar-refractivity contribution is 5.90. The Morgan fingerprint density at radius 3 is 1.14 bits per heavy atom. The molecule has 0 amide bonds. The second-order valence-electron chi connectivity index (χ2n) is 1.67. The van der Waals surface area contributed by atoms with Crippen LogP contribution in [0.1, 0.15) is 0 Å². The maximum Gasteiger partial charge on any atom is 0.491 e. The third kappa shape index (κ3) is 5.27. The molecule has 10 heteroatoms. The summed E-state index contributed by atoms with van der Waals surface area (Å²) < 4.78 is 69.7. The van der Waals surface area contributed by atoms with E-state index in [1.807, 2.05) is 0 Å². The Hall–Kier alpha value is -0.514. The summed E-state index contributed by atoms with van der Waals surface area (Å²) in [5.41, 5.74) is 0. The number of carbonyl (C=O) groups is 2. The molecule has 0 bridgehead atoms. The molecule has 0 rings (SSSR count). The number of halogens is 6. The zero-order chi connectivity index (χ0) is 10.9. The number of esters is 2. The van der Waals surface area contributed by atoms with Gasteiger partial charge in [-0.1, -0.05) is 0 Å². The van der Waals surface area contributed by atoms with Gasteiger partial charge in [0.15, 0.2) is 0 Å². The van der Waals surface area contributed by atoms with Crippen LogP contribution in [-0.2, 0) is 14.3 Å². The van der Waals surface area contributed by atoms with Gasteiger partial charge in [0.2, 0.25) is 0 Å². The van der Waals surface area contributed by atoms with Gasteiger partial charge in [-0.25, -0.2) is 9.59 Å². The van der Waals surface area contributed by atoms with Gasteiger partial charge in [0.1, 0.15) is 0 Å². The average molecular weight is 236 g/mol. The molecule has 0 aliphatic heterocycles. The van der Waals surface area contributed by atoms with Crippen molar-refractivity contribution in [2.24, 2.45) is 0 Å². The van der Waals surface area contributed by atoms with Crippen LogP contribution in [0, 0.1) is 0 Å². The highest BCUT2D eigenvalue weighted by atomic mass is 24.3. The Morgan fingerprint density at radius 1 is 0.786 bits per heavy atom. The standard InChI is InChI=1S/C4F6O3.Mg.2H/c5-3(6,7)1(11)13-2(12)4(8,9)10;;;. The van der Waals surface area contributed by atoms with Crippen molar-refractivity contribution in [2.75, 3.05) is 0 Å². The summed E-state index contributed by atoms with van der Waals surface area (Å²) in [5.74, 6) is -6.40. The molecule has 0 fully saturated rings. The average Bonchev–Trinajstić information content (AvgIpc) is 1.82. The molecule has 0 saturated heterocycles. The van der Waals surface area contributed by atoms with Crippen LogP contribution in [0.15, 0.2) is 0 Å². The van der Waals surface area contributed by atoms with Gasteiger partial charge in [-0.2, -0.15) is 26.3 Å². The number of hydrogen-bond donors (Lipinski definition) is 0. The summed E-state index contributed by atoms with van der Waals surface area (Å²) >= 11 is 0. The third-order valence-corrected chi connectivity index (χ3v) is 0.648. The Labute approximate surface area is 88.5 Å². The number of ether oxygens (including phenoxy) is 1. The van der Waals surface area contributed by atoms with Crippen LogP contribution in [0.5, 0.6) is 0 Å². The first kappa shape index (κ1) is 15.9. The van der Waals surface area contributed by atoms with Crippen LogP contribution in [-0.4, -0.2) is 47.3 Å². The SMILES string of the molecule is O=C(OC(=O)C(F)(F)F)C(F)(F)F.[MgH2]. The molecule has 0 spiro atoms. The number of rotatable bonds is 0. The molecule has 0 saturated carbocycles. The van der Waals surface area contributed by atoms with Gasteiger partial charge >= 0.3 is 47.3 Å². The normalized spacial score (nSPS) is 11.6. The molecule has 0 heterocycles. The number of hydrogen-bond acceptors (Lipinski definition) is 3. The second-order valence-corrected chi connectivity index (χ2v) is 1.67. The molecule has 0 aromatic carbocycles. The lowest BCUT2D eigenvalue weighted by molar-refractivity contribution is -0.221. The van der Waals surface area contributed by atoms with E-state index < -0.39 is 24.3 Å². The van der Waals surface area contributed by atoms with Crippen LogP contribution in [0.25, 0.3) is 0 Å². The van der Waals surface area contributed by atoms with Gasteiger partial charge in [-0.15, -0.1) is 0 Å².